The van der Waals surface area contributed by atoms with Crippen molar-refractivity contribution in [2.75, 3.05) is 18.0 Å². The molecular formula is C16H21N3. The third kappa shape index (κ3) is 2.58. The molecule has 1 saturated carbocycles. The van der Waals surface area contributed by atoms with Crippen molar-refractivity contribution >= 4 is 5.82 Å². The smallest absolute Gasteiger partial charge is 0.146 e. The highest BCUT2D eigenvalue weighted by Gasteiger charge is 2.27. The standard InChI is InChI=1S/C16H21N3/c1-2-8-19(11-12-6-7-12)16-14(10-17)9-13-4-3-5-15(13)18-16/h9,12H,2-8,11H2,1H3. The second-order valence-electron chi connectivity index (χ2n) is 5.82. The molecule has 1 aromatic rings. The Morgan fingerprint density at radius 2 is 2.26 bits per heavy atom. The Balaban J connectivity index is 1.93. The van der Waals surface area contributed by atoms with Crippen LogP contribution in [0.1, 0.15) is 49.4 Å². The van der Waals surface area contributed by atoms with E-state index in [-0.39, 0.29) is 0 Å². The van der Waals surface area contributed by atoms with Crippen LogP contribution in [-0.4, -0.2) is 18.1 Å². The van der Waals surface area contributed by atoms with Crippen molar-refractivity contribution in [1.29, 1.82) is 5.26 Å². The quantitative estimate of drug-likeness (QED) is 0.811. The first-order chi connectivity index (χ1) is 9.31. The lowest BCUT2D eigenvalue weighted by Crippen LogP contribution is -2.28. The second-order valence-corrected chi connectivity index (χ2v) is 5.82. The van der Waals surface area contributed by atoms with Crippen LogP contribution in [0.2, 0.25) is 0 Å². The molecule has 1 aromatic heterocycles. The number of anilines is 1. The first-order valence-corrected chi connectivity index (χ1v) is 7.49. The lowest BCUT2D eigenvalue weighted by atomic mass is 10.1. The predicted molar refractivity (Wildman–Crippen MR) is 76.2 cm³/mol. The Labute approximate surface area is 115 Å². The van der Waals surface area contributed by atoms with Gasteiger partial charge in [-0.1, -0.05) is 6.92 Å². The van der Waals surface area contributed by atoms with E-state index in [9.17, 15) is 5.26 Å². The van der Waals surface area contributed by atoms with Gasteiger partial charge in [0.05, 0.1) is 5.56 Å². The molecule has 0 saturated heterocycles. The highest BCUT2D eigenvalue weighted by molar-refractivity contribution is 5.57. The summed E-state index contributed by atoms with van der Waals surface area (Å²) in [6, 6.07) is 4.44. The molecule has 3 nitrogen and oxygen atoms in total. The molecule has 0 aliphatic heterocycles. The Hall–Kier alpha value is -1.56. The predicted octanol–water partition coefficient (Wildman–Crippen LogP) is 3.07. The van der Waals surface area contributed by atoms with Gasteiger partial charge in [-0.15, -0.1) is 0 Å². The van der Waals surface area contributed by atoms with Crippen molar-refractivity contribution in [2.45, 2.75) is 45.4 Å². The maximum Gasteiger partial charge on any atom is 0.146 e. The fourth-order valence-electron chi connectivity index (χ4n) is 2.95. The highest BCUT2D eigenvalue weighted by Crippen LogP contribution is 2.33. The van der Waals surface area contributed by atoms with Gasteiger partial charge in [-0.05, 0) is 56.1 Å². The Morgan fingerprint density at radius 3 is 2.95 bits per heavy atom. The van der Waals surface area contributed by atoms with Gasteiger partial charge in [0.25, 0.3) is 0 Å². The molecule has 2 aliphatic carbocycles. The molecule has 19 heavy (non-hydrogen) atoms. The number of fused-ring (bicyclic) bond motifs is 1. The summed E-state index contributed by atoms with van der Waals surface area (Å²) in [5.74, 6) is 1.77. The van der Waals surface area contributed by atoms with Crippen LogP contribution in [0.4, 0.5) is 5.82 Å². The number of rotatable bonds is 5. The van der Waals surface area contributed by atoms with E-state index in [1.807, 2.05) is 0 Å². The maximum atomic E-state index is 9.40. The average Bonchev–Trinajstić information content (AvgIpc) is 3.12. The highest BCUT2D eigenvalue weighted by atomic mass is 15.2. The van der Waals surface area contributed by atoms with Crippen molar-refractivity contribution in [3.8, 4) is 6.07 Å². The van der Waals surface area contributed by atoms with E-state index in [2.05, 4.69) is 24.0 Å². The summed E-state index contributed by atoms with van der Waals surface area (Å²) in [5.41, 5.74) is 3.30. The number of aryl methyl sites for hydroxylation is 2. The number of aromatic nitrogens is 1. The summed E-state index contributed by atoms with van der Waals surface area (Å²) in [4.78, 5) is 7.17. The van der Waals surface area contributed by atoms with E-state index in [1.54, 1.807) is 0 Å². The van der Waals surface area contributed by atoms with Crippen molar-refractivity contribution in [1.82, 2.24) is 4.98 Å². The summed E-state index contributed by atoms with van der Waals surface area (Å²) in [7, 11) is 0. The Morgan fingerprint density at radius 1 is 1.42 bits per heavy atom. The van der Waals surface area contributed by atoms with Crippen LogP contribution in [-0.2, 0) is 12.8 Å². The zero-order valence-corrected chi connectivity index (χ0v) is 11.7. The van der Waals surface area contributed by atoms with Gasteiger partial charge in [0, 0.05) is 18.8 Å². The molecule has 0 aromatic carbocycles. The molecule has 100 valence electrons. The van der Waals surface area contributed by atoms with Crippen LogP contribution in [0, 0.1) is 17.2 Å². The lowest BCUT2D eigenvalue weighted by Gasteiger charge is -2.24. The first-order valence-electron chi connectivity index (χ1n) is 7.49. The van der Waals surface area contributed by atoms with Crippen molar-refractivity contribution in [3.05, 3.63) is 22.9 Å². The summed E-state index contributed by atoms with van der Waals surface area (Å²) in [6.07, 6.45) is 7.15. The van der Waals surface area contributed by atoms with E-state index in [0.29, 0.717) is 0 Å². The van der Waals surface area contributed by atoms with Gasteiger partial charge in [-0.2, -0.15) is 5.26 Å². The summed E-state index contributed by atoms with van der Waals surface area (Å²) >= 11 is 0. The molecule has 3 rings (SSSR count). The zero-order chi connectivity index (χ0) is 13.2. The van der Waals surface area contributed by atoms with Crippen LogP contribution < -0.4 is 4.90 Å². The van der Waals surface area contributed by atoms with Crippen molar-refractivity contribution in [3.63, 3.8) is 0 Å². The minimum atomic E-state index is 0.773. The average molecular weight is 255 g/mol. The number of hydrogen-bond acceptors (Lipinski definition) is 3. The zero-order valence-electron chi connectivity index (χ0n) is 11.7. The van der Waals surface area contributed by atoms with E-state index in [0.717, 1.165) is 49.7 Å². The van der Waals surface area contributed by atoms with E-state index < -0.39 is 0 Å². The molecule has 1 heterocycles. The third-order valence-corrected chi connectivity index (χ3v) is 4.12. The van der Waals surface area contributed by atoms with Crippen molar-refractivity contribution < 1.29 is 0 Å². The van der Waals surface area contributed by atoms with Crippen LogP contribution in [0.3, 0.4) is 0 Å². The molecular weight excluding hydrogens is 234 g/mol. The van der Waals surface area contributed by atoms with Gasteiger partial charge in [-0.25, -0.2) is 4.98 Å². The number of pyridine rings is 1. The maximum absolute atomic E-state index is 9.40. The molecule has 0 amide bonds. The molecule has 0 bridgehead atoms. The topological polar surface area (TPSA) is 39.9 Å². The van der Waals surface area contributed by atoms with E-state index in [1.165, 1.54) is 30.5 Å². The minimum Gasteiger partial charge on any atom is -0.355 e. The van der Waals surface area contributed by atoms with Gasteiger partial charge in [-0.3, -0.25) is 0 Å². The fraction of sp³-hybridized carbons (Fsp3) is 0.625. The molecule has 0 atom stereocenters. The Kier molecular flexibility index (Phi) is 3.42. The number of nitriles is 1. The molecule has 0 N–H and O–H groups in total. The summed E-state index contributed by atoms with van der Waals surface area (Å²) in [6.45, 7) is 4.28. The number of nitrogens with zero attached hydrogens (tertiary/aromatic N) is 3. The third-order valence-electron chi connectivity index (χ3n) is 4.12. The van der Waals surface area contributed by atoms with Gasteiger partial charge < -0.3 is 4.90 Å². The summed E-state index contributed by atoms with van der Waals surface area (Å²) in [5, 5.41) is 9.40. The number of hydrogen-bond donors (Lipinski definition) is 0. The monoisotopic (exact) mass is 255 g/mol. The van der Waals surface area contributed by atoms with Crippen LogP contribution >= 0.6 is 0 Å². The van der Waals surface area contributed by atoms with Gasteiger partial charge >= 0.3 is 0 Å². The van der Waals surface area contributed by atoms with Gasteiger partial charge in [0.1, 0.15) is 11.9 Å². The SMILES string of the molecule is CCCN(CC1CC1)c1nc2c(cc1C#N)CCC2. The van der Waals surface area contributed by atoms with Crippen LogP contribution in [0.5, 0.6) is 0 Å². The molecule has 0 unspecified atom stereocenters. The van der Waals surface area contributed by atoms with E-state index >= 15 is 0 Å². The Bertz CT molecular complexity index is 511. The minimum absolute atomic E-state index is 0.773. The van der Waals surface area contributed by atoms with Gasteiger partial charge in [0.2, 0.25) is 0 Å². The molecule has 0 spiro atoms. The largest absolute Gasteiger partial charge is 0.355 e. The van der Waals surface area contributed by atoms with Crippen molar-refractivity contribution in [2.24, 2.45) is 5.92 Å². The molecule has 1 fully saturated rings. The van der Waals surface area contributed by atoms with Crippen LogP contribution in [0.25, 0.3) is 0 Å². The molecule has 2 aliphatic rings. The molecule has 0 radical (unpaired) electrons. The molecule has 3 heteroatoms. The van der Waals surface area contributed by atoms with E-state index in [4.69, 9.17) is 4.98 Å². The fourth-order valence-corrected chi connectivity index (χ4v) is 2.95. The second kappa shape index (κ2) is 5.21. The van der Waals surface area contributed by atoms with Crippen LogP contribution in [0.15, 0.2) is 6.07 Å². The first kappa shape index (κ1) is 12.5. The lowest BCUT2D eigenvalue weighted by molar-refractivity contribution is 0.696. The summed E-state index contributed by atoms with van der Waals surface area (Å²) < 4.78 is 0. The van der Waals surface area contributed by atoms with Gasteiger partial charge in [0.15, 0.2) is 0 Å². The normalized spacial score (nSPS) is 17.1.